The fraction of sp³-hybridized carbons (Fsp3) is 0. The smallest absolute Gasteiger partial charge is 0.204 e. The van der Waals surface area contributed by atoms with Gasteiger partial charge in [0.2, 0.25) is 5.22 Å². The van der Waals surface area contributed by atoms with Gasteiger partial charge in [-0.3, -0.25) is 0 Å². The first kappa shape index (κ1) is 12.3. The number of furan rings is 1. The molecule has 0 saturated carbocycles. The molecule has 0 spiro atoms. The van der Waals surface area contributed by atoms with E-state index in [1.165, 1.54) is 6.26 Å². The second-order valence-electron chi connectivity index (χ2n) is 3.86. The van der Waals surface area contributed by atoms with Crippen molar-refractivity contribution in [2.75, 3.05) is 5.73 Å². The number of anilines is 1. The maximum Gasteiger partial charge on any atom is 0.204 e. The van der Waals surface area contributed by atoms with E-state index in [-0.39, 0.29) is 5.22 Å². The van der Waals surface area contributed by atoms with E-state index in [0.29, 0.717) is 22.7 Å². The summed E-state index contributed by atoms with van der Waals surface area (Å²) in [6.07, 6.45) is 1.49. The normalized spacial score (nSPS) is 10.8. The average Bonchev–Trinajstić information content (AvgIpc) is 2.96. The molecule has 0 aliphatic heterocycles. The first-order valence-corrected chi connectivity index (χ1v) is 6.59. The van der Waals surface area contributed by atoms with Gasteiger partial charge in [0.1, 0.15) is 0 Å². The van der Waals surface area contributed by atoms with E-state index in [0.717, 1.165) is 10.0 Å². The summed E-state index contributed by atoms with van der Waals surface area (Å²) >= 11 is 9.46. The molecule has 96 valence electrons. The van der Waals surface area contributed by atoms with Crippen LogP contribution in [0.25, 0.3) is 22.5 Å². The second-order valence-corrected chi connectivity index (χ2v) is 5.06. The number of nitrogens with two attached hydrogens (primary N) is 1. The van der Waals surface area contributed by atoms with Crippen LogP contribution in [-0.2, 0) is 0 Å². The number of benzene rings is 1. The molecule has 2 aromatic heterocycles. The van der Waals surface area contributed by atoms with Crippen molar-refractivity contribution in [3.63, 3.8) is 0 Å². The predicted octanol–water partition coefficient (Wildman–Crippen LogP) is 4.60. The van der Waals surface area contributed by atoms with Crippen molar-refractivity contribution in [3.8, 4) is 22.5 Å². The minimum atomic E-state index is 0.240. The van der Waals surface area contributed by atoms with Crippen molar-refractivity contribution >= 4 is 33.3 Å². The van der Waals surface area contributed by atoms with Crippen molar-refractivity contribution in [3.05, 3.63) is 46.3 Å². The number of hydrogen-bond acceptors (Lipinski definition) is 4. The maximum atomic E-state index is 5.98. The van der Waals surface area contributed by atoms with Crippen LogP contribution in [-0.4, -0.2) is 5.16 Å². The Morgan fingerprint density at radius 1 is 1.16 bits per heavy atom. The van der Waals surface area contributed by atoms with Gasteiger partial charge < -0.3 is 14.7 Å². The van der Waals surface area contributed by atoms with E-state index in [9.17, 15) is 0 Å². The number of nitrogens with zero attached hydrogens (tertiary/aromatic N) is 1. The van der Waals surface area contributed by atoms with Crippen LogP contribution in [0.4, 0.5) is 5.82 Å². The molecule has 3 rings (SSSR count). The van der Waals surface area contributed by atoms with Crippen LogP contribution < -0.4 is 5.73 Å². The number of nitrogen functional groups attached to an aromatic ring is 1. The van der Waals surface area contributed by atoms with Gasteiger partial charge in [0, 0.05) is 10.0 Å². The van der Waals surface area contributed by atoms with E-state index in [1.807, 2.05) is 24.3 Å². The van der Waals surface area contributed by atoms with E-state index in [4.69, 9.17) is 26.3 Å². The van der Waals surface area contributed by atoms with Gasteiger partial charge in [-0.1, -0.05) is 39.3 Å². The Bertz CT molecular complexity index is 736. The molecule has 0 radical (unpaired) electrons. The Morgan fingerprint density at radius 2 is 1.95 bits per heavy atom. The van der Waals surface area contributed by atoms with Gasteiger partial charge in [0.15, 0.2) is 11.6 Å². The highest BCUT2D eigenvalue weighted by molar-refractivity contribution is 9.10. The Kier molecular flexibility index (Phi) is 3.08. The van der Waals surface area contributed by atoms with Crippen LogP contribution in [0.1, 0.15) is 0 Å². The van der Waals surface area contributed by atoms with E-state index in [1.54, 1.807) is 6.07 Å². The molecule has 3 aromatic rings. The van der Waals surface area contributed by atoms with Crippen LogP contribution >= 0.6 is 27.5 Å². The fourth-order valence-electron chi connectivity index (χ4n) is 1.87. The van der Waals surface area contributed by atoms with Gasteiger partial charge in [-0.25, -0.2) is 0 Å². The molecule has 0 amide bonds. The van der Waals surface area contributed by atoms with Crippen LogP contribution in [0.5, 0.6) is 0 Å². The third-order valence-corrected chi connectivity index (χ3v) is 3.71. The van der Waals surface area contributed by atoms with Gasteiger partial charge in [-0.2, -0.15) is 0 Å². The lowest BCUT2D eigenvalue weighted by atomic mass is 10.0. The zero-order valence-corrected chi connectivity index (χ0v) is 11.9. The van der Waals surface area contributed by atoms with Crippen molar-refractivity contribution in [2.24, 2.45) is 0 Å². The predicted molar refractivity (Wildman–Crippen MR) is 76.8 cm³/mol. The summed E-state index contributed by atoms with van der Waals surface area (Å²) in [5.41, 5.74) is 8.09. The largest absolute Gasteiger partial charge is 0.452 e. The molecule has 0 atom stereocenters. The molecule has 0 fully saturated rings. The topological polar surface area (TPSA) is 65.2 Å². The summed E-state index contributed by atoms with van der Waals surface area (Å²) in [4.78, 5) is 0. The molecule has 0 bridgehead atoms. The number of aromatic nitrogens is 1. The van der Waals surface area contributed by atoms with E-state index in [2.05, 4.69) is 21.1 Å². The Morgan fingerprint density at radius 3 is 2.63 bits per heavy atom. The van der Waals surface area contributed by atoms with Crippen molar-refractivity contribution < 1.29 is 8.94 Å². The minimum Gasteiger partial charge on any atom is -0.452 e. The van der Waals surface area contributed by atoms with Gasteiger partial charge in [0.25, 0.3) is 0 Å². The van der Waals surface area contributed by atoms with Gasteiger partial charge in [-0.15, -0.1) is 0 Å². The molecule has 0 unspecified atom stereocenters. The first-order chi connectivity index (χ1) is 9.18. The highest BCUT2D eigenvalue weighted by Gasteiger charge is 2.22. The van der Waals surface area contributed by atoms with Gasteiger partial charge in [0.05, 0.1) is 17.4 Å². The molecule has 19 heavy (non-hydrogen) atoms. The van der Waals surface area contributed by atoms with Crippen LogP contribution in [0.3, 0.4) is 0 Å². The fourth-order valence-corrected chi connectivity index (χ4v) is 2.55. The maximum absolute atomic E-state index is 5.98. The van der Waals surface area contributed by atoms with Gasteiger partial charge in [-0.05, 0) is 23.7 Å². The number of rotatable bonds is 2. The molecular formula is C13H8BrClN2O2. The van der Waals surface area contributed by atoms with Crippen molar-refractivity contribution in [1.82, 2.24) is 5.16 Å². The molecule has 0 saturated heterocycles. The lowest BCUT2D eigenvalue weighted by molar-refractivity contribution is 0.435. The number of halogens is 2. The summed E-state index contributed by atoms with van der Waals surface area (Å²) in [5, 5.41) is 4.05. The first-order valence-electron chi connectivity index (χ1n) is 5.42. The summed E-state index contributed by atoms with van der Waals surface area (Å²) in [7, 11) is 0. The van der Waals surface area contributed by atoms with E-state index < -0.39 is 0 Å². The lowest BCUT2D eigenvalue weighted by Gasteiger charge is -2.04. The SMILES string of the molecule is Nc1noc(-c2ccoc2Cl)c1-c1ccccc1Br. The summed E-state index contributed by atoms with van der Waals surface area (Å²) in [6, 6.07) is 9.38. The lowest BCUT2D eigenvalue weighted by Crippen LogP contribution is -1.89. The highest BCUT2D eigenvalue weighted by atomic mass is 79.9. The van der Waals surface area contributed by atoms with Gasteiger partial charge >= 0.3 is 0 Å². The van der Waals surface area contributed by atoms with Crippen LogP contribution in [0.2, 0.25) is 5.22 Å². The third-order valence-electron chi connectivity index (χ3n) is 2.72. The standard InChI is InChI=1S/C13H8BrClN2O2/c14-9-4-2-1-3-7(9)10-11(19-17-13(10)16)8-5-6-18-12(8)15/h1-6H,(H2,16,17). The van der Waals surface area contributed by atoms with Crippen molar-refractivity contribution in [2.45, 2.75) is 0 Å². The monoisotopic (exact) mass is 338 g/mol. The van der Waals surface area contributed by atoms with Crippen LogP contribution in [0.15, 0.2) is 50.0 Å². The summed E-state index contributed by atoms with van der Waals surface area (Å²) in [5.74, 6) is 0.794. The molecule has 0 aliphatic rings. The van der Waals surface area contributed by atoms with Crippen LogP contribution in [0, 0.1) is 0 Å². The highest BCUT2D eigenvalue weighted by Crippen LogP contribution is 2.42. The molecular weight excluding hydrogens is 332 g/mol. The molecule has 1 aromatic carbocycles. The zero-order valence-electron chi connectivity index (χ0n) is 9.56. The summed E-state index contributed by atoms with van der Waals surface area (Å²) in [6.45, 7) is 0. The third kappa shape index (κ3) is 2.05. The molecule has 4 nitrogen and oxygen atoms in total. The Hall–Kier alpha value is -1.72. The average molecular weight is 340 g/mol. The van der Waals surface area contributed by atoms with E-state index >= 15 is 0 Å². The minimum absolute atomic E-state index is 0.240. The number of hydrogen-bond donors (Lipinski definition) is 1. The Balaban J connectivity index is 2.26. The quantitative estimate of drug-likeness (QED) is 0.741. The van der Waals surface area contributed by atoms with Crippen molar-refractivity contribution in [1.29, 1.82) is 0 Å². The molecule has 6 heteroatoms. The summed E-state index contributed by atoms with van der Waals surface area (Å²) < 4.78 is 11.3. The molecule has 0 aliphatic carbocycles. The second kappa shape index (κ2) is 4.75. The molecule has 2 heterocycles. The Labute approximate surface area is 122 Å². The molecule has 2 N–H and O–H groups in total. The zero-order chi connectivity index (χ0) is 13.4.